The zero-order chi connectivity index (χ0) is 20.0. The van der Waals surface area contributed by atoms with Gasteiger partial charge in [0.1, 0.15) is 0 Å². The number of hydrogen-bond acceptors (Lipinski definition) is 3. The van der Waals surface area contributed by atoms with Crippen molar-refractivity contribution in [1.29, 1.82) is 0 Å². The molecule has 3 rings (SSSR count). The summed E-state index contributed by atoms with van der Waals surface area (Å²) in [5.74, 6) is 1.08. The van der Waals surface area contributed by atoms with Crippen LogP contribution in [0.3, 0.4) is 0 Å². The van der Waals surface area contributed by atoms with E-state index in [4.69, 9.17) is 0 Å². The molecule has 0 aliphatic rings. The van der Waals surface area contributed by atoms with Crippen LogP contribution in [0.25, 0.3) is 0 Å². The van der Waals surface area contributed by atoms with E-state index >= 15 is 0 Å². The molecule has 3 heteroatoms. The van der Waals surface area contributed by atoms with Gasteiger partial charge in [0.05, 0.1) is 5.54 Å². The molecule has 28 heavy (non-hydrogen) atoms. The first-order chi connectivity index (χ1) is 13.5. The third-order valence-electron chi connectivity index (χ3n) is 5.23. The van der Waals surface area contributed by atoms with E-state index in [1.54, 1.807) is 11.8 Å². The second-order valence-electron chi connectivity index (χ2n) is 7.46. The summed E-state index contributed by atoms with van der Waals surface area (Å²) in [5.41, 5.74) is 2.65. The number of hydrogen-bond donors (Lipinski definition) is 0. The largest absolute Gasteiger partial charge is 0.297 e. The van der Waals surface area contributed by atoms with Crippen molar-refractivity contribution in [3.63, 3.8) is 0 Å². The van der Waals surface area contributed by atoms with Gasteiger partial charge in [0.15, 0.2) is 5.78 Å². The molecule has 1 atom stereocenters. The maximum absolute atomic E-state index is 13.4. The van der Waals surface area contributed by atoms with Crippen LogP contribution in [0.1, 0.15) is 28.4 Å². The molecule has 0 spiro atoms. The summed E-state index contributed by atoms with van der Waals surface area (Å²) < 4.78 is 0. The lowest BCUT2D eigenvalue weighted by Crippen LogP contribution is -2.50. The van der Waals surface area contributed by atoms with E-state index in [0.29, 0.717) is 6.42 Å². The average Bonchev–Trinajstić information content (AvgIpc) is 2.73. The van der Waals surface area contributed by atoms with Gasteiger partial charge in [0.2, 0.25) is 0 Å². The highest BCUT2D eigenvalue weighted by molar-refractivity contribution is 7.98. The van der Waals surface area contributed by atoms with E-state index in [2.05, 4.69) is 48.5 Å². The van der Waals surface area contributed by atoms with Gasteiger partial charge in [-0.25, -0.2) is 0 Å². The molecule has 0 heterocycles. The van der Waals surface area contributed by atoms with Gasteiger partial charge >= 0.3 is 0 Å². The van der Waals surface area contributed by atoms with Crippen molar-refractivity contribution in [1.82, 2.24) is 4.90 Å². The van der Waals surface area contributed by atoms with Crippen LogP contribution in [0.15, 0.2) is 89.8 Å². The molecule has 0 amide bonds. The summed E-state index contributed by atoms with van der Waals surface area (Å²) in [4.78, 5) is 16.6. The van der Waals surface area contributed by atoms with Gasteiger partial charge in [-0.15, -0.1) is 11.8 Å². The number of benzene rings is 3. The Morgan fingerprint density at radius 1 is 0.821 bits per heavy atom. The zero-order valence-corrected chi connectivity index (χ0v) is 17.6. The first-order valence-electron chi connectivity index (χ1n) is 9.52. The normalized spacial score (nSPS) is 13.3. The van der Waals surface area contributed by atoms with Crippen molar-refractivity contribution < 1.29 is 4.79 Å². The van der Waals surface area contributed by atoms with Crippen LogP contribution < -0.4 is 0 Å². The molecule has 0 radical (unpaired) electrons. The fraction of sp³-hybridized carbons (Fsp3) is 0.240. The number of thioether (sulfide) groups is 1. The molecular weight excluding hydrogens is 362 g/mol. The summed E-state index contributed by atoms with van der Waals surface area (Å²) in [6.45, 7) is 2.03. The molecule has 2 nitrogen and oxygen atoms in total. The quantitative estimate of drug-likeness (QED) is 0.363. The van der Waals surface area contributed by atoms with Crippen molar-refractivity contribution in [3.8, 4) is 0 Å². The minimum Gasteiger partial charge on any atom is -0.297 e. The summed E-state index contributed by atoms with van der Waals surface area (Å²) in [6, 6.07) is 28.7. The molecule has 0 aliphatic heterocycles. The maximum atomic E-state index is 13.4. The Hall–Kier alpha value is -2.36. The molecule has 3 aromatic carbocycles. The van der Waals surface area contributed by atoms with E-state index in [-0.39, 0.29) is 5.78 Å². The predicted molar refractivity (Wildman–Crippen MR) is 119 cm³/mol. The number of rotatable bonds is 8. The van der Waals surface area contributed by atoms with Crippen molar-refractivity contribution in [3.05, 3.63) is 102 Å². The average molecular weight is 390 g/mol. The lowest BCUT2D eigenvalue weighted by atomic mass is 9.84. The molecule has 0 saturated carbocycles. The van der Waals surface area contributed by atoms with E-state index in [9.17, 15) is 4.79 Å². The molecule has 0 aliphatic carbocycles. The highest BCUT2D eigenvalue weighted by Crippen LogP contribution is 2.27. The third-order valence-corrected chi connectivity index (χ3v) is 6.32. The van der Waals surface area contributed by atoms with Crippen molar-refractivity contribution in [2.45, 2.75) is 29.5 Å². The summed E-state index contributed by atoms with van der Waals surface area (Å²) >= 11 is 1.79. The van der Waals surface area contributed by atoms with Crippen LogP contribution in [0.2, 0.25) is 0 Å². The number of likely N-dealkylation sites (N-methyl/N-ethyl adjacent to an activating group) is 1. The Morgan fingerprint density at radius 3 is 1.89 bits per heavy atom. The third kappa shape index (κ3) is 4.92. The minimum absolute atomic E-state index is 0.154. The molecule has 0 saturated heterocycles. The smallest absolute Gasteiger partial charge is 0.183 e. The molecule has 144 valence electrons. The topological polar surface area (TPSA) is 20.3 Å². The van der Waals surface area contributed by atoms with Gasteiger partial charge in [-0.3, -0.25) is 9.69 Å². The number of carbonyl (C=O) groups excluding carboxylic acids is 1. The first kappa shape index (κ1) is 20.4. The molecule has 0 aromatic heterocycles. The Morgan fingerprint density at radius 2 is 1.36 bits per heavy atom. The fourth-order valence-electron chi connectivity index (χ4n) is 3.19. The van der Waals surface area contributed by atoms with Crippen LogP contribution in [0.4, 0.5) is 0 Å². The van der Waals surface area contributed by atoms with E-state index in [0.717, 1.165) is 11.3 Å². The second kappa shape index (κ2) is 9.22. The molecule has 0 fully saturated rings. The van der Waals surface area contributed by atoms with Gasteiger partial charge < -0.3 is 0 Å². The van der Waals surface area contributed by atoms with Crippen molar-refractivity contribution >= 4 is 17.5 Å². The molecule has 0 bridgehead atoms. The van der Waals surface area contributed by atoms with Gasteiger partial charge in [-0.2, -0.15) is 0 Å². The highest BCUT2D eigenvalue weighted by Gasteiger charge is 2.36. The Bertz CT molecular complexity index is 891. The van der Waals surface area contributed by atoms with Crippen molar-refractivity contribution in [2.24, 2.45) is 0 Å². The standard InChI is InChI=1S/C25H27NOS/c1-25(26(2)3,18-20-10-6-4-7-11-20)24(27)22-14-16-23(17-15-22)28-19-21-12-8-5-9-13-21/h4-17H,18-19H2,1-3H3. The molecule has 0 N–H and O–H groups in total. The van der Waals surface area contributed by atoms with Gasteiger partial charge in [-0.05, 0) is 50.7 Å². The van der Waals surface area contributed by atoms with Crippen LogP contribution in [0.5, 0.6) is 0 Å². The van der Waals surface area contributed by atoms with Crippen LogP contribution in [-0.2, 0) is 12.2 Å². The zero-order valence-electron chi connectivity index (χ0n) is 16.8. The summed E-state index contributed by atoms with van der Waals surface area (Å²) in [7, 11) is 3.95. The van der Waals surface area contributed by atoms with Crippen LogP contribution in [0, 0.1) is 0 Å². The lowest BCUT2D eigenvalue weighted by Gasteiger charge is -2.35. The summed E-state index contributed by atoms with van der Waals surface area (Å²) in [6.07, 6.45) is 0.685. The Labute approximate surface area is 172 Å². The Balaban J connectivity index is 1.72. The van der Waals surface area contributed by atoms with Gasteiger partial charge in [-0.1, -0.05) is 72.8 Å². The molecular formula is C25H27NOS. The first-order valence-corrected chi connectivity index (χ1v) is 10.5. The van der Waals surface area contributed by atoms with Crippen LogP contribution >= 0.6 is 11.8 Å². The minimum atomic E-state index is -0.583. The molecule has 3 aromatic rings. The predicted octanol–water partition coefficient (Wildman–Crippen LogP) is 5.72. The molecule has 1 unspecified atom stereocenters. The summed E-state index contributed by atoms with van der Waals surface area (Å²) in [5, 5.41) is 0. The lowest BCUT2D eigenvalue weighted by molar-refractivity contribution is 0.0719. The SMILES string of the molecule is CN(C)C(C)(Cc1ccccc1)C(=O)c1ccc(SCc2ccccc2)cc1. The Kier molecular flexibility index (Phi) is 6.71. The highest BCUT2D eigenvalue weighted by atomic mass is 32.2. The number of ketones is 1. The van der Waals surface area contributed by atoms with E-state index in [1.165, 1.54) is 16.0 Å². The van der Waals surface area contributed by atoms with Gasteiger partial charge in [0.25, 0.3) is 0 Å². The maximum Gasteiger partial charge on any atom is 0.183 e. The van der Waals surface area contributed by atoms with E-state index in [1.807, 2.05) is 62.3 Å². The fourth-order valence-corrected chi connectivity index (χ4v) is 4.04. The van der Waals surface area contributed by atoms with Crippen LogP contribution in [-0.4, -0.2) is 30.3 Å². The van der Waals surface area contributed by atoms with E-state index < -0.39 is 5.54 Å². The monoisotopic (exact) mass is 389 g/mol. The number of nitrogens with zero attached hydrogens (tertiary/aromatic N) is 1. The van der Waals surface area contributed by atoms with Crippen molar-refractivity contribution in [2.75, 3.05) is 14.1 Å². The second-order valence-corrected chi connectivity index (χ2v) is 8.51. The number of carbonyl (C=O) groups is 1. The van der Waals surface area contributed by atoms with Gasteiger partial charge in [0, 0.05) is 16.2 Å². The number of Topliss-reactive ketones (excluding diaryl/α,β-unsaturated/α-hetero) is 1.